The number of nitrogens with zero attached hydrogens (tertiary/aromatic N) is 1. The third-order valence-corrected chi connectivity index (χ3v) is 4.53. The smallest absolute Gasteiger partial charge is 0.407 e. The van der Waals surface area contributed by atoms with Crippen LogP contribution >= 0.6 is 0 Å². The molecule has 0 spiro atoms. The first-order valence-corrected chi connectivity index (χ1v) is 10.1. The average molecular weight is 474 g/mol. The van der Waals surface area contributed by atoms with Crippen molar-refractivity contribution in [1.29, 1.82) is 0 Å². The lowest BCUT2D eigenvalue weighted by Crippen LogP contribution is -3.00. The van der Waals surface area contributed by atoms with Crippen molar-refractivity contribution in [2.24, 2.45) is 0 Å². The molecule has 0 unspecified atom stereocenters. The van der Waals surface area contributed by atoms with Gasteiger partial charge in [-0.15, -0.1) is 0 Å². The Morgan fingerprint density at radius 2 is 1.66 bits per heavy atom. The molecule has 3 N–H and O–H groups in total. The number of benzene rings is 1. The largest absolute Gasteiger partial charge is 1.00 e. The van der Waals surface area contributed by atoms with Crippen molar-refractivity contribution in [2.45, 2.75) is 38.7 Å². The molecule has 8 heteroatoms. The second-order valence-corrected chi connectivity index (χ2v) is 7.61. The van der Waals surface area contributed by atoms with Crippen LogP contribution in [-0.4, -0.2) is 68.5 Å². The average Bonchev–Trinajstić information content (AvgIpc) is 2.67. The molecule has 0 fully saturated rings. The van der Waals surface area contributed by atoms with Crippen LogP contribution in [0.4, 0.5) is 4.79 Å². The van der Waals surface area contributed by atoms with Gasteiger partial charge in [-0.1, -0.05) is 36.8 Å². The summed E-state index contributed by atoms with van der Waals surface area (Å²) >= 11 is 0. The van der Waals surface area contributed by atoms with E-state index in [1.54, 1.807) is 0 Å². The molecule has 0 aliphatic heterocycles. The van der Waals surface area contributed by atoms with Crippen LogP contribution in [0.3, 0.4) is 0 Å². The van der Waals surface area contributed by atoms with Crippen LogP contribution in [0.25, 0.3) is 0 Å². The molecule has 2 amide bonds. The van der Waals surface area contributed by atoms with Gasteiger partial charge in [0, 0.05) is 25.9 Å². The van der Waals surface area contributed by atoms with E-state index in [0.717, 1.165) is 48.8 Å². The molecule has 0 radical (unpaired) electrons. The van der Waals surface area contributed by atoms with Gasteiger partial charge in [0.1, 0.15) is 13.2 Å². The fraction of sp³-hybridized carbons (Fsp3) is 0.619. The molecule has 0 saturated heterocycles. The molecule has 29 heavy (non-hydrogen) atoms. The highest BCUT2D eigenvalue weighted by Gasteiger charge is 2.13. The lowest BCUT2D eigenvalue weighted by Gasteiger charge is -2.28. The summed E-state index contributed by atoms with van der Waals surface area (Å²) in [5.74, 6) is 0.0719. The van der Waals surface area contributed by atoms with E-state index in [1.807, 2.05) is 30.3 Å². The first-order valence-electron chi connectivity index (χ1n) is 10.1. The number of amides is 2. The van der Waals surface area contributed by atoms with Crippen LogP contribution in [0.15, 0.2) is 30.3 Å². The van der Waals surface area contributed by atoms with Crippen LogP contribution in [-0.2, 0) is 16.1 Å². The molecular formula is C21H36BrN3O4. The van der Waals surface area contributed by atoms with Crippen LogP contribution in [0.2, 0.25) is 0 Å². The lowest BCUT2D eigenvalue weighted by molar-refractivity contribution is -0.890. The second kappa shape index (κ2) is 16.2. The molecule has 0 aliphatic carbocycles. The van der Waals surface area contributed by atoms with Gasteiger partial charge in [0.15, 0.2) is 0 Å². The van der Waals surface area contributed by atoms with Crippen molar-refractivity contribution >= 4 is 12.0 Å². The summed E-state index contributed by atoms with van der Waals surface area (Å²) in [5, 5.41) is 14.7. The standard InChI is InChI=1S/C21H35N3O4.BrH/c1-24(2,16-17-25)15-9-14-22-20(26)12-7-4-8-13-23-21(27)28-18-19-10-5-3-6-11-19;/h3,5-6,10-11,25H,4,7-9,12-18H2,1-2H3,(H-,22,23,26,27);1H. The van der Waals surface area contributed by atoms with Gasteiger partial charge in [-0.3, -0.25) is 4.79 Å². The Morgan fingerprint density at radius 1 is 0.966 bits per heavy atom. The van der Waals surface area contributed by atoms with Crippen molar-refractivity contribution in [2.75, 3.05) is 46.9 Å². The molecular weight excluding hydrogens is 438 g/mol. The predicted octanol–water partition coefficient (Wildman–Crippen LogP) is -0.948. The summed E-state index contributed by atoms with van der Waals surface area (Å²) in [4.78, 5) is 23.4. The second-order valence-electron chi connectivity index (χ2n) is 7.61. The number of hydrogen-bond donors (Lipinski definition) is 3. The zero-order valence-electron chi connectivity index (χ0n) is 17.7. The van der Waals surface area contributed by atoms with E-state index in [9.17, 15) is 9.59 Å². The van der Waals surface area contributed by atoms with Crippen molar-refractivity contribution < 1.29 is 40.9 Å². The molecule has 0 heterocycles. The van der Waals surface area contributed by atoms with E-state index in [4.69, 9.17) is 9.84 Å². The van der Waals surface area contributed by atoms with Gasteiger partial charge in [0.05, 0.1) is 27.2 Å². The minimum absolute atomic E-state index is 0. The van der Waals surface area contributed by atoms with E-state index in [0.29, 0.717) is 19.5 Å². The highest BCUT2D eigenvalue weighted by Crippen LogP contribution is 2.02. The molecule has 166 valence electrons. The van der Waals surface area contributed by atoms with Crippen molar-refractivity contribution in [3.63, 3.8) is 0 Å². The van der Waals surface area contributed by atoms with Gasteiger partial charge >= 0.3 is 6.09 Å². The topological polar surface area (TPSA) is 87.7 Å². The van der Waals surface area contributed by atoms with Crippen molar-refractivity contribution in [3.8, 4) is 0 Å². The quantitative estimate of drug-likeness (QED) is 0.240. The summed E-state index contributed by atoms with van der Waals surface area (Å²) in [6.07, 6.45) is 3.50. The van der Waals surface area contributed by atoms with Gasteiger partial charge in [-0.25, -0.2) is 4.79 Å². The van der Waals surface area contributed by atoms with E-state index in [2.05, 4.69) is 24.7 Å². The minimum Gasteiger partial charge on any atom is -1.00 e. The SMILES string of the molecule is C[N+](C)(CCO)CCCNC(=O)CCCCCNC(=O)OCc1ccccc1.[Br-]. The number of carbonyl (C=O) groups is 2. The Kier molecular flexibility index (Phi) is 15.3. The summed E-state index contributed by atoms with van der Waals surface area (Å²) in [7, 11) is 4.15. The van der Waals surface area contributed by atoms with E-state index in [-0.39, 0.29) is 36.1 Å². The summed E-state index contributed by atoms with van der Waals surface area (Å²) in [6, 6.07) is 9.55. The van der Waals surface area contributed by atoms with Gasteiger partial charge in [-0.05, 0) is 18.4 Å². The Morgan fingerprint density at radius 3 is 2.34 bits per heavy atom. The highest BCUT2D eigenvalue weighted by atomic mass is 79.9. The van der Waals surface area contributed by atoms with E-state index < -0.39 is 6.09 Å². The number of quaternary nitrogens is 1. The molecule has 0 bridgehead atoms. The number of halogens is 1. The van der Waals surface area contributed by atoms with Crippen LogP contribution in [0, 0.1) is 0 Å². The van der Waals surface area contributed by atoms with Crippen molar-refractivity contribution in [1.82, 2.24) is 10.6 Å². The third-order valence-electron chi connectivity index (χ3n) is 4.53. The molecule has 0 atom stereocenters. The first kappa shape index (κ1) is 27.4. The summed E-state index contributed by atoms with van der Waals surface area (Å²) in [6.45, 7) is 3.31. The number of alkyl carbamates (subject to hydrolysis) is 1. The van der Waals surface area contributed by atoms with Crippen LogP contribution in [0.5, 0.6) is 0 Å². The van der Waals surface area contributed by atoms with Gasteiger partial charge in [0.25, 0.3) is 0 Å². The zero-order chi connectivity index (χ0) is 20.7. The van der Waals surface area contributed by atoms with E-state index in [1.165, 1.54) is 0 Å². The normalized spacial score (nSPS) is 10.7. The number of unbranched alkanes of at least 4 members (excludes halogenated alkanes) is 2. The van der Waals surface area contributed by atoms with Gasteiger partial charge in [0.2, 0.25) is 5.91 Å². The molecule has 7 nitrogen and oxygen atoms in total. The number of hydrogen-bond acceptors (Lipinski definition) is 4. The fourth-order valence-electron chi connectivity index (χ4n) is 2.76. The molecule has 1 aromatic carbocycles. The molecule has 0 aliphatic rings. The first-order chi connectivity index (χ1) is 13.4. The Hall–Kier alpha value is -1.64. The van der Waals surface area contributed by atoms with Crippen LogP contribution in [0.1, 0.15) is 37.7 Å². The maximum atomic E-state index is 11.8. The number of aliphatic hydroxyl groups is 1. The molecule has 1 rings (SSSR count). The van der Waals surface area contributed by atoms with Crippen molar-refractivity contribution in [3.05, 3.63) is 35.9 Å². The molecule has 0 saturated carbocycles. The summed E-state index contributed by atoms with van der Waals surface area (Å²) in [5.41, 5.74) is 0.958. The van der Waals surface area contributed by atoms with Crippen LogP contribution < -0.4 is 27.6 Å². The van der Waals surface area contributed by atoms with Gasteiger partial charge < -0.3 is 41.9 Å². The molecule has 1 aromatic rings. The Bertz CT molecular complexity index is 570. The minimum atomic E-state index is -0.413. The van der Waals surface area contributed by atoms with E-state index >= 15 is 0 Å². The molecule has 0 aromatic heterocycles. The zero-order valence-corrected chi connectivity index (χ0v) is 19.2. The monoisotopic (exact) mass is 473 g/mol. The maximum Gasteiger partial charge on any atom is 0.407 e. The number of nitrogens with one attached hydrogen (secondary N) is 2. The number of likely N-dealkylation sites (N-methyl/N-ethyl adjacent to an activating group) is 1. The fourth-order valence-corrected chi connectivity index (χ4v) is 2.76. The van der Waals surface area contributed by atoms with Gasteiger partial charge in [-0.2, -0.15) is 0 Å². The number of rotatable bonds is 14. The maximum absolute atomic E-state index is 11.8. The number of ether oxygens (including phenoxy) is 1. The Balaban J connectivity index is 0.00000784. The Labute approximate surface area is 185 Å². The number of carbonyl (C=O) groups excluding carboxylic acids is 2. The predicted molar refractivity (Wildman–Crippen MR) is 110 cm³/mol. The summed E-state index contributed by atoms with van der Waals surface area (Å²) < 4.78 is 5.89. The highest BCUT2D eigenvalue weighted by molar-refractivity contribution is 5.75. The third kappa shape index (κ3) is 14.9. The lowest BCUT2D eigenvalue weighted by atomic mass is 10.2. The number of aliphatic hydroxyl groups excluding tert-OH is 1.